The molecule has 2 rings (SSSR count). The standard InChI is InChI=1S/C12H14N2/c1-8-4-5-11(9(2)6-8)12-10(3)7-13-14-12/h4-7,10H,1-3H3. The molecule has 0 aromatic heterocycles. The monoisotopic (exact) mass is 186 g/mol. The molecule has 1 heterocycles. The van der Waals surface area contributed by atoms with Crippen molar-refractivity contribution in [3.63, 3.8) is 0 Å². The van der Waals surface area contributed by atoms with Gasteiger partial charge in [0.2, 0.25) is 0 Å². The molecule has 0 N–H and O–H groups in total. The van der Waals surface area contributed by atoms with E-state index in [1.165, 1.54) is 16.7 Å². The van der Waals surface area contributed by atoms with Gasteiger partial charge < -0.3 is 0 Å². The van der Waals surface area contributed by atoms with E-state index >= 15 is 0 Å². The maximum atomic E-state index is 4.16. The second kappa shape index (κ2) is 3.37. The summed E-state index contributed by atoms with van der Waals surface area (Å²) in [5, 5.41) is 8.11. The van der Waals surface area contributed by atoms with Crippen molar-refractivity contribution < 1.29 is 0 Å². The molecule has 1 aromatic rings. The quantitative estimate of drug-likeness (QED) is 0.644. The van der Waals surface area contributed by atoms with Gasteiger partial charge in [0.15, 0.2) is 0 Å². The number of hydrogen-bond donors (Lipinski definition) is 0. The molecule has 0 aliphatic carbocycles. The smallest absolute Gasteiger partial charge is 0.0787 e. The molecule has 1 unspecified atom stereocenters. The normalized spacial score (nSPS) is 19.9. The van der Waals surface area contributed by atoms with Crippen LogP contribution < -0.4 is 0 Å². The molecule has 1 aliphatic rings. The van der Waals surface area contributed by atoms with Gasteiger partial charge in [-0.2, -0.15) is 10.2 Å². The van der Waals surface area contributed by atoms with Crippen LogP contribution in [0.3, 0.4) is 0 Å². The van der Waals surface area contributed by atoms with Crippen molar-refractivity contribution in [3.8, 4) is 0 Å². The third kappa shape index (κ3) is 1.48. The van der Waals surface area contributed by atoms with Crippen molar-refractivity contribution in [2.24, 2.45) is 16.1 Å². The van der Waals surface area contributed by atoms with E-state index in [-0.39, 0.29) is 0 Å². The SMILES string of the molecule is Cc1ccc(C2=NN=CC2C)c(C)c1. The fourth-order valence-electron chi connectivity index (χ4n) is 1.76. The Morgan fingerprint density at radius 3 is 2.57 bits per heavy atom. The predicted molar refractivity (Wildman–Crippen MR) is 60.1 cm³/mol. The van der Waals surface area contributed by atoms with Gasteiger partial charge in [0.05, 0.1) is 5.71 Å². The Bertz CT molecular complexity index is 416. The topological polar surface area (TPSA) is 24.7 Å². The van der Waals surface area contributed by atoms with E-state index in [1.54, 1.807) is 0 Å². The highest BCUT2D eigenvalue weighted by Gasteiger charge is 2.16. The van der Waals surface area contributed by atoms with Crippen LogP contribution in [-0.2, 0) is 0 Å². The highest BCUT2D eigenvalue weighted by atomic mass is 15.2. The minimum atomic E-state index is 0.344. The highest BCUT2D eigenvalue weighted by Crippen LogP contribution is 2.18. The molecule has 14 heavy (non-hydrogen) atoms. The minimum absolute atomic E-state index is 0.344. The van der Waals surface area contributed by atoms with Crippen molar-refractivity contribution in [3.05, 3.63) is 34.9 Å². The summed E-state index contributed by atoms with van der Waals surface area (Å²) in [7, 11) is 0. The zero-order chi connectivity index (χ0) is 10.1. The highest BCUT2D eigenvalue weighted by molar-refractivity contribution is 6.12. The first-order valence-electron chi connectivity index (χ1n) is 4.87. The van der Waals surface area contributed by atoms with Crippen LogP contribution in [0.1, 0.15) is 23.6 Å². The zero-order valence-electron chi connectivity index (χ0n) is 8.78. The fourth-order valence-corrected chi connectivity index (χ4v) is 1.76. The summed E-state index contributed by atoms with van der Waals surface area (Å²) in [6, 6.07) is 6.44. The zero-order valence-corrected chi connectivity index (χ0v) is 8.78. The van der Waals surface area contributed by atoms with E-state index < -0.39 is 0 Å². The molecule has 0 radical (unpaired) electrons. The summed E-state index contributed by atoms with van der Waals surface area (Å²) in [6.45, 7) is 6.34. The molecular formula is C12H14N2. The summed E-state index contributed by atoms with van der Waals surface area (Å²) in [5.41, 5.74) is 4.88. The van der Waals surface area contributed by atoms with Gasteiger partial charge in [0, 0.05) is 17.7 Å². The lowest BCUT2D eigenvalue weighted by Crippen LogP contribution is -2.11. The predicted octanol–water partition coefficient (Wildman–Crippen LogP) is 2.73. The minimum Gasteiger partial charge on any atom is -0.163 e. The van der Waals surface area contributed by atoms with Crippen molar-refractivity contribution in [2.45, 2.75) is 20.8 Å². The van der Waals surface area contributed by atoms with Gasteiger partial charge in [-0.3, -0.25) is 0 Å². The van der Waals surface area contributed by atoms with Crippen LogP contribution in [0.5, 0.6) is 0 Å². The Kier molecular flexibility index (Phi) is 2.20. The number of rotatable bonds is 1. The van der Waals surface area contributed by atoms with Crippen LogP contribution in [0.2, 0.25) is 0 Å². The van der Waals surface area contributed by atoms with Crippen LogP contribution in [0.25, 0.3) is 0 Å². The molecule has 1 aliphatic heterocycles. The van der Waals surface area contributed by atoms with Gasteiger partial charge in [-0.15, -0.1) is 0 Å². The molecule has 0 amide bonds. The molecule has 0 spiro atoms. The molecule has 72 valence electrons. The molecule has 0 bridgehead atoms. The second-order valence-corrected chi connectivity index (χ2v) is 3.86. The number of benzene rings is 1. The Morgan fingerprint density at radius 2 is 2.00 bits per heavy atom. The third-order valence-electron chi connectivity index (χ3n) is 2.54. The van der Waals surface area contributed by atoms with Crippen molar-refractivity contribution in [2.75, 3.05) is 0 Å². The van der Waals surface area contributed by atoms with Crippen molar-refractivity contribution >= 4 is 11.9 Å². The first-order chi connectivity index (χ1) is 6.68. The van der Waals surface area contributed by atoms with E-state index in [4.69, 9.17) is 0 Å². The molecule has 2 heteroatoms. The van der Waals surface area contributed by atoms with E-state index in [1.807, 2.05) is 6.21 Å². The fraction of sp³-hybridized carbons (Fsp3) is 0.333. The van der Waals surface area contributed by atoms with E-state index in [0.717, 1.165) is 5.71 Å². The molecule has 0 fully saturated rings. The van der Waals surface area contributed by atoms with Gasteiger partial charge in [0.25, 0.3) is 0 Å². The summed E-state index contributed by atoms with van der Waals surface area (Å²) in [4.78, 5) is 0. The van der Waals surface area contributed by atoms with E-state index in [2.05, 4.69) is 49.2 Å². The molecule has 1 atom stereocenters. The third-order valence-corrected chi connectivity index (χ3v) is 2.54. The lowest BCUT2D eigenvalue weighted by atomic mass is 9.95. The van der Waals surface area contributed by atoms with Gasteiger partial charge in [0.1, 0.15) is 0 Å². The average molecular weight is 186 g/mol. The number of hydrogen-bond acceptors (Lipinski definition) is 2. The van der Waals surface area contributed by atoms with Gasteiger partial charge in [-0.1, -0.05) is 30.7 Å². The van der Waals surface area contributed by atoms with Crippen LogP contribution in [0.4, 0.5) is 0 Å². The molecular weight excluding hydrogens is 172 g/mol. The Hall–Kier alpha value is -1.44. The lowest BCUT2D eigenvalue weighted by Gasteiger charge is -2.08. The molecule has 2 nitrogen and oxygen atoms in total. The first-order valence-corrected chi connectivity index (χ1v) is 4.87. The molecule has 0 saturated carbocycles. The van der Waals surface area contributed by atoms with Crippen LogP contribution >= 0.6 is 0 Å². The maximum Gasteiger partial charge on any atom is 0.0787 e. The maximum absolute atomic E-state index is 4.16. The largest absolute Gasteiger partial charge is 0.163 e. The second-order valence-electron chi connectivity index (χ2n) is 3.86. The Labute approximate surface area is 84.4 Å². The Balaban J connectivity index is 2.43. The van der Waals surface area contributed by atoms with Crippen LogP contribution in [-0.4, -0.2) is 11.9 Å². The summed E-state index contributed by atoms with van der Waals surface area (Å²) in [6.07, 6.45) is 1.88. The van der Waals surface area contributed by atoms with Crippen molar-refractivity contribution in [1.29, 1.82) is 0 Å². The number of nitrogens with zero attached hydrogens (tertiary/aromatic N) is 2. The van der Waals surface area contributed by atoms with Gasteiger partial charge >= 0.3 is 0 Å². The lowest BCUT2D eigenvalue weighted by molar-refractivity contribution is 1.11. The average Bonchev–Trinajstić information content (AvgIpc) is 2.52. The van der Waals surface area contributed by atoms with Crippen LogP contribution in [0.15, 0.2) is 28.4 Å². The summed E-state index contributed by atoms with van der Waals surface area (Å²) >= 11 is 0. The van der Waals surface area contributed by atoms with Gasteiger partial charge in [-0.05, 0) is 19.4 Å². The number of aryl methyl sites for hydroxylation is 2. The Morgan fingerprint density at radius 1 is 1.21 bits per heavy atom. The summed E-state index contributed by atoms with van der Waals surface area (Å²) in [5.74, 6) is 0.344. The van der Waals surface area contributed by atoms with E-state index in [0.29, 0.717) is 5.92 Å². The van der Waals surface area contributed by atoms with Crippen molar-refractivity contribution in [1.82, 2.24) is 0 Å². The molecule has 1 aromatic carbocycles. The van der Waals surface area contributed by atoms with Crippen LogP contribution in [0, 0.1) is 19.8 Å². The molecule has 0 saturated heterocycles. The van der Waals surface area contributed by atoms with E-state index in [9.17, 15) is 0 Å². The van der Waals surface area contributed by atoms with Gasteiger partial charge in [-0.25, -0.2) is 0 Å². The first kappa shape index (κ1) is 9.13. The summed E-state index contributed by atoms with van der Waals surface area (Å²) < 4.78 is 0.